The first-order valence-corrected chi connectivity index (χ1v) is 8.30. The van der Waals surface area contributed by atoms with Crippen LogP contribution in [0, 0.1) is 6.92 Å². The average Bonchev–Trinajstić information content (AvgIpc) is 3.08. The molecule has 0 aliphatic heterocycles. The Morgan fingerprint density at radius 3 is 2.67 bits per heavy atom. The van der Waals surface area contributed by atoms with E-state index < -0.39 is 11.8 Å². The van der Waals surface area contributed by atoms with Crippen molar-refractivity contribution in [3.8, 4) is 5.75 Å². The Hall–Kier alpha value is -3.68. The number of nitrogens with one attached hydrogen (secondary N) is 2. The van der Waals surface area contributed by atoms with Crippen LogP contribution in [0.4, 0.5) is 11.5 Å². The predicted octanol–water partition coefficient (Wildman–Crippen LogP) is 3.28. The summed E-state index contributed by atoms with van der Waals surface area (Å²) in [5.41, 5.74) is 0.901. The van der Waals surface area contributed by atoms with Crippen molar-refractivity contribution < 1.29 is 18.8 Å². The molecule has 3 rings (SSSR count). The number of anilines is 2. The minimum atomic E-state index is -0.450. The van der Waals surface area contributed by atoms with Crippen LogP contribution >= 0.6 is 0 Å². The summed E-state index contributed by atoms with van der Waals surface area (Å²) in [5.74, 6) is 0.561. The molecule has 8 nitrogen and oxygen atoms in total. The van der Waals surface area contributed by atoms with Crippen LogP contribution < -0.4 is 15.4 Å². The van der Waals surface area contributed by atoms with E-state index in [1.807, 2.05) is 13.0 Å². The number of aromatic nitrogens is 2. The van der Waals surface area contributed by atoms with Gasteiger partial charge >= 0.3 is 0 Å². The number of amides is 2. The average molecular weight is 366 g/mol. The lowest BCUT2D eigenvalue weighted by atomic mass is 10.2. The molecule has 138 valence electrons. The fraction of sp³-hybridized carbons (Fsp3) is 0.158. The van der Waals surface area contributed by atoms with Gasteiger partial charge in [-0.1, -0.05) is 17.3 Å². The number of nitrogens with zero attached hydrogens (tertiary/aromatic N) is 2. The van der Waals surface area contributed by atoms with Gasteiger partial charge in [0.05, 0.1) is 12.3 Å². The second kappa shape index (κ2) is 8.13. The number of pyridine rings is 1. The second-order valence-electron chi connectivity index (χ2n) is 5.59. The Balaban J connectivity index is 1.75. The van der Waals surface area contributed by atoms with Gasteiger partial charge in [-0.25, -0.2) is 0 Å². The smallest absolute Gasteiger partial charge is 0.274 e. The molecule has 0 aliphatic carbocycles. The molecule has 8 heteroatoms. The number of para-hydroxylation sites is 2. The van der Waals surface area contributed by atoms with E-state index in [4.69, 9.17) is 9.26 Å². The van der Waals surface area contributed by atoms with Crippen LogP contribution in [0.15, 0.2) is 53.2 Å². The second-order valence-corrected chi connectivity index (χ2v) is 5.59. The zero-order valence-electron chi connectivity index (χ0n) is 14.9. The van der Waals surface area contributed by atoms with Gasteiger partial charge in [0.1, 0.15) is 17.2 Å². The van der Waals surface area contributed by atoms with Crippen LogP contribution in [0.1, 0.15) is 33.5 Å². The number of ether oxygens (including phenoxy) is 1. The molecule has 0 aliphatic rings. The summed E-state index contributed by atoms with van der Waals surface area (Å²) in [6, 6.07) is 11.6. The highest BCUT2D eigenvalue weighted by Crippen LogP contribution is 2.24. The summed E-state index contributed by atoms with van der Waals surface area (Å²) in [7, 11) is 0. The van der Waals surface area contributed by atoms with Crippen molar-refractivity contribution in [2.45, 2.75) is 13.8 Å². The zero-order chi connectivity index (χ0) is 19.2. The highest BCUT2D eigenvalue weighted by molar-refractivity contribution is 6.07. The number of rotatable bonds is 6. The van der Waals surface area contributed by atoms with Crippen LogP contribution in [0.2, 0.25) is 0 Å². The molecule has 0 unspecified atom stereocenters. The van der Waals surface area contributed by atoms with E-state index in [9.17, 15) is 9.59 Å². The molecule has 0 bridgehead atoms. The Labute approximate surface area is 155 Å². The fourth-order valence-corrected chi connectivity index (χ4v) is 2.35. The first kappa shape index (κ1) is 18.1. The van der Waals surface area contributed by atoms with E-state index in [0.717, 1.165) is 0 Å². The maximum absolute atomic E-state index is 12.5. The normalized spacial score (nSPS) is 10.3. The molecule has 0 saturated carbocycles. The van der Waals surface area contributed by atoms with E-state index in [0.29, 0.717) is 29.6 Å². The van der Waals surface area contributed by atoms with Crippen molar-refractivity contribution in [1.82, 2.24) is 10.1 Å². The molecule has 3 aromatic rings. The fourth-order valence-electron chi connectivity index (χ4n) is 2.35. The summed E-state index contributed by atoms with van der Waals surface area (Å²) in [6.07, 6.45) is 1.40. The zero-order valence-corrected chi connectivity index (χ0v) is 14.9. The molecular weight excluding hydrogens is 348 g/mol. The van der Waals surface area contributed by atoms with Crippen LogP contribution in [-0.2, 0) is 0 Å². The van der Waals surface area contributed by atoms with Crippen molar-refractivity contribution in [1.29, 1.82) is 0 Å². The van der Waals surface area contributed by atoms with Crippen LogP contribution in [0.3, 0.4) is 0 Å². The van der Waals surface area contributed by atoms with Crippen LogP contribution in [0.5, 0.6) is 5.75 Å². The van der Waals surface area contributed by atoms with E-state index in [1.54, 1.807) is 31.2 Å². The van der Waals surface area contributed by atoms with E-state index in [-0.39, 0.29) is 11.3 Å². The summed E-state index contributed by atoms with van der Waals surface area (Å²) in [6.45, 7) is 4.05. The lowest BCUT2D eigenvalue weighted by Crippen LogP contribution is -2.17. The van der Waals surface area contributed by atoms with Gasteiger partial charge in [0.25, 0.3) is 11.8 Å². The Bertz CT molecular complexity index is 968. The van der Waals surface area contributed by atoms with Gasteiger partial charge in [-0.2, -0.15) is 0 Å². The molecular formula is C19H18N4O4. The lowest BCUT2D eigenvalue weighted by molar-refractivity contribution is 0.102. The number of hydrogen-bond donors (Lipinski definition) is 2. The van der Waals surface area contributed by atoms with Crippen molar-refractivity contribution in [2.24, 2.45) is 0 Å². The van der Waals surface area contributed by atoms with Crippen molar-refractivity contribution in [3.05, 3.63) is 65.7 Å². The third-order valence-corrected chi connectivity index (χ3v) is 3.56. The Morgan fingerprint density at radius 1 is 1.11 bits per heavy atom. The number of hydrogen-bond acceptors (Lipinski definition) is 6. The molecule has 0 atom stereocenters. The summed E-state index contributed by atoms with van der Waals surface area (Å²) >= 11 is 0. The predicted molar refractivity (Wildman–Crippen MR) is 99.0 cm³/mol. The molecule has 2 N–H and O–H groups in total. The van der Waals surface area contributed by atoms with Gasteiger partial charge in [0, 0.05) is 17.8 Å². The van der Waals surface area contributed by atoms with Crippen molar-refractivity contribution in [2.75, 3.05) is 17.2 Å². The van der Waals surface area contributed by atoms with Gasteiger partial charge in [-0.3, -0.25) is 14.6 Å². The molecule has 2 heterocycles. The minimum absolute atomic E-state index is 0.102. The minimum Gasteiger partial charge on any atom is -0.492 e. The number of carbonyl (C=O) groups excluding carboxylic acids is 2. The number of aryl methyl sites for hydroxylation is 1. The number of benzene rings is 1. The standard InChI is InChI=1S/C19H18N4O4/c1-3-26-16-7-5-4-6-14(16)21-19(25)15-11-13(8-9-20-15)18(24)22-17-10-12(2)27-23-17/h4-11H,3H2,1-2H3,(H,21,25)(H,22,23,24). The van der Waals surface area contributed by atoms with Gasteiger partial charge in [-0.15, -0.1) is 0 Å². The Morgan fingerprint density at radius 2 is 1.93 bits per heavy atom. The van der Waals surface area contributed by atoms with Gasteiger partial charge in [0.2, 0.25) is 0 Å². The van der Waals surface area contributed by atoms with Gasteiger partial charge in [-0.05, 0) is 38.1 Å². The topological polar surface area (TPSA) is 106 Å². The van der Waals surface area contributed by atoms with Crippen LogP contribution in [0.25, 0.3) is 0 Å². The number of carbonyl (C=O) groups is 2. The molecule has 27 heavy (non-hydrogen) atoms. The maximum atomic E-state index is 12.5. The summed E-state index contributed by atoms with van der Waals surface area (Å²) < 4.78 is 10.4. The molecule has 0 saturated heterocycles. The molecule has 2 aromatic heterocycles. The van der Waals surface area contributed by atoms with E-state index in [2.05, 4.69) is 20.8 Å². The van der Waals surface area contributed by atoms with Crippen molar-refractivity contribution in [3.63, 3.8) is 0 Å². The summed E-state index contributed by atoms with van der Waals surface area (Å²) in [5, 5.41) is 9.05. The highest BCUT2D eigenvalue weighted by Gasteiger charge is 2.15. The molecule has 0 spiro atoms. The first-order chi connectivity index (χ1) is 13.1. The summed E-state index contributed by atoms with van der Waals surface area (Å²) in [4.78, 5) is 28.9. The third kappa shape index (κ3) is 4.49. The maximum Gasteiger partial charge on any atom is 0.274 e. The van der Waals surface area contributed by atoms with Crippen molar-refractivity contribution >= 4 is 23.3 Å². The highest BCUT2D eigenvalue weighted by atomic mass is 16.5. The van der Waals surface area contributed by atoms with E-state index in [1.165, 1.54) is 18.3 Å². The molecule has 0 radical (unpaired) electrons. The first-order valence-electron chi connectivity index (χ1n) is 8.30. The molecule has 1 aromatic carbocycles. The molecule has 0 fully saturated rings. The quantitative estimate of drug-likeness (QED) is 0.693. The monoisotopic (exact) mass is 366 g/mol. The largest absolute Gasteiger partial charge is 0.492 e. The molecule has 2 amide bonds. The van der Waals surface area contributed by atoms with Crippen LogP contribution in [-0.4, -0.2) is 28.6 Å². The lowest BCUT2D eigenvalue weighted by Gasteiger charge is -2.11. The van der Waals surface area contributed by atoms with Gasteiger partial charge in [0.15, 0.2) is 5.82 Å². The van der Waals surface area contributed by atoms with Gasteiger partial charge < -0.3 is 19.9 Å². The van der Waals surface area contributed by atoms with E-state index >= 15 is 0 Å². The Kier molecular flexibility index (Phi) is 5.46. The SMILES string of the molecule is CCOc1ccccc1NC(=O)c1cc(C(=O)Nc2cc(C)on2)ccn1. The third-order valence-electron chi connectivity index (χ3n) is 3.56.